The van der Waals surface area contributed by atoms with Crippen molar-refractivity contribution in [3.8, 4) is 0 Å². The van der Waals surface area contributed by atoms with Crippen molar-refractivity contribution in [1.29, 1.82) is 0 Å². The van der Waals surface area contributed by atoms with Gasteiger partial charge in [0.25, 0.3) is 0 Å². The number of benzene rings is 1. The molecule has 1 aliphatic heterocycles. The van der Waals surface area contributed by atoms with Gasteiger partial charge in [0.1, 0.15) is 5.92 Å². The Morgan fingerprint density at radius 1 is 1.28 bits per heavy atom. The number of esters is 2. The van der Waals surface area contributed by atoms with Gasteiger partial charge in [0, 0.05) is 23.2 Å². The number of hydrogen-bond acceptors (Lipinski definition) is 7. The van der Waals surface area contributed by atoms with Crippen molar-refractivity contribution in [2.24, 2.45) is 16.6 Å². The van der Waals surface area contributed by atoms with Crippen molar-refractivity contribution in [3.05, 3.63) is 46.1 Å². The molecular formula is C21H27ClN2O5. The number of nitrogens with two attached hydrogens (primary N) is 1. The molecule has 1 aromatic carbocycles. The van der Waals surface area contributed by atoms with Gasteiger partial charge in [0.15, 0.2) is 0 Å². The molecule has 29 heavy (non-hydrogen) atoms. The molecule has 7 nitrogen and oxygen atoms in total. The van der Waals surface area contributed by atoms with E-state index in [2.05, 4.69) is 4.99 Å². The topological polar surface area (TPSA) is 100 Å². The molecule has 1 aliphatic rings. The smallest absolute Gasteiger partial charge is 0.315 e. The van der Waals surface area contributed by atoms with E-state index in [1.54, 1.807) is 19.9 Å². The molecule has 0 aliphatic carbocycles. The molecule has 2 atom stereocenters. The maximum absolute atomic E-state index is 12.7. The van der Waals surface area contributed by atoms with E-state index < -0.39 is 23.8 Å². The molecule has 1 aromatic rings. The monoisotopic (exact) mass is 422 g/mol. The SMILES string of the molecule is CCOC(=O)CC1=C(COCCN)N=C(C)C(C(=O)OC)C1c1ccccc1Cl. The number of methoxy groups -OCH3 is 1. The van der Waals surface area contributed by atoms with Gasteiger partial charge in [-0.3, -0.25) is 14.6 Å². The first-order valence-electron chi connectivity index (χ1n) is 9.47. The zero-order chi connectivity index (χ0) is 21.4. The Kier molecular flexibility index (Phi) is 8.82. The summed E-state index contributed by atoms with van der Waals surface area (Å²) in [4.78, 5) is 29.6. The van der Waals surface area contributed by atoms with Crippen molar-refractivity contribution in [1.82, 2.24) is 0 Å². The average molecular weight is 423 g/mol. The second-order valence-corrected chi connectivity index (χ2v) is 6.96. The lowest BCUT2D eigenvalue weighted by molar-refractivity contribution is -0.145. The first kappa shape index (κ1) is 23.1. The van der Waals surface area contributed by atoms with Crippen LogP contribution in [0.4, 0.5) is 0 Å². The molecule has 2 rings (SSSR count). The highest BCUT2D eigenvalue weighted by molar-refractivity contribution is 6.31. The fourth-order valence-corrected chi connectivity index (χ4v) is 3.71. The van der Waals surface area contributed by atoms with Gasteiger partial charge in [-0.25, -0.2) is 0 Å². The van der Waals surface area contributed by atoms with E-state index in [1.165, 1.54) is 7.11 Å². The van der Waals surface area contributed by atoms with Gasteiger partial charge >= 0.3 is 11.9 Å². The summed E-state index contributed by atoms with van der Waals surface area (Å²) in [7, 11) is 1.33. The molecular weight excluding hydrogens is 396 g/mol. The number of ether oxygens (including phenoxy) is 3. The predicted octanol–water partition coefficient (Wildman–Crippen LogP) is 2.87. The quantitative estimate of drug-likeness (QED) is 0.485. The lowest BCUT2D eigenvalue weighted by Gasteiger charge is -2.33. The molecule has 158 valence electrons. The first-order chi connectivity index (χ1) is 13.9. The normalized spacial score (nSPS) is 19.0. The number of rotatable bonds is 9. The minimum Gasteiger partial charge on any atom is -0.468 e. The van der Waals surface area contributed by atoms with Crippen LogP contribution in [0.25, 0.3) is 0 Å². The van der Waals surface area contributed by atoms with Crippen LogP contribution in [-0.2, 0) is 23.8 Å². The largest absolute Gasteiger partial charge is 0.468 e. The van der Waals surface area contributed by atoms with E-state index in [0.717, 1.165) is 5.56 Å². The van der Waals surface area contributed by atoms with Gasteiger partial charge in [-0.15, -0.1) is 0 Å². The van der Waals surface area contributed by atoms with Crippen molar-refractivity contribution >= 4 is 29.3 Å². The molecule has 0 saturated heterocycles. The number of carbonyl (C=O) groups is 2. The molecule has 0 saturated carbocycles. The van der Waals surface area contributed by atoms with Gasteiger partial charge in [-0.05, 0) is 31.1 Å². The maximum Gasteiger partial charge on any atom is 0.315 e. The van der Waals surface area contributed by atoms with Crippen LogP contribution in [0.15, 0.2) is 40.5 Å². The van der Waals surface area contributed by atoms with E-state index in [4.69, 9.17) is 31.5 Å². The summed E-state index contributed by atoms with van der Waals surface area (Å²) in [6.45, 7) is 4.63. The molecule has 0 aromatic heterocycles. The molecule has 0 radical (unpaired) electrons. The molecule has 0 spiro atoms. The summed E-state index contributed by atoms with van der Waals surface area (Å²) >= 11 is 6.48. The van der Waals surface area contributed by atoms with E-state index in [9.17, 15) is 9.59 Å². The maximum atomic E-state index is 12.7. The van der Waals surface area contributed by atoms with Gasteiger partial charge < -0.3 is 19.9 Å². The van der Waals surface area contributed by atoms with Crippen molar-refractivity contribution < 1.29 is 23.8 Å². The lowest BCUT2D eigenvalue weighted by Crippen LogP contribution is -2.35. The Hall–Kier alpha value is -2.22. The van der Waals surface area contributed by atoms with Crippen LogP contribution in [-0.4, -0.2) is 51.1 Å². The van der Waals surface area contributed by atoms with E-state index >= 15 is 0 Å². The number of carbonyl (C=O) groups excluding carboxylic acids is 2. The molecule has 8 heteroatoms. The molecule has 0 fully saturated rings. The predicted molar refractivity (Wildman–Crippen MR) is 111 cm³/mol. The Labute approximate surface area is 175 Å². The summed E-state index contributed by atoms with van der Waals surface area (Å²) < 4.78 is 15.8. The number of aliphatic imine (C=N–C) groups is 1. The Balaban J connectivity index is 2.62. The van der Waals surface area contributed by atoms with Gasteiger partial charge in [0.05, 0.1) is 39.0 Å². The number of nitrogens with zero attached hydrogens (tertiary/aromatic N) is 1. The highest BCUT2D eigenvalue weighted by atomic mass is 35.5. The van der Waals surface area contributed by atoms with Gasteiger partial charge in [-0.1, -0.05) is 29.8 Å². The molecule has 0 bridgehead atoms. The van der Waals surface area contributed by atoms with Crippen LogP contribution in [0.2, 0.25) is 5.02 Å². The Morgan fingerprint density at radius 2 is 2.00 bits per heavy atom. The summed E-state index contributed by atoms with van der Waals surface area (Å²) in [5.74, 6) is -2.08. The zero-order valence-electron chi connectivity index (χ0n) is 16.9. The standard InChI is InChI=1S/C21H27ClN2O5/c1-4-29-18(25)11-15-17(12-28-10-9-23)24-13(2)19(21(26)27-3)20(15)14-7-5-6-8-16(14)22/h5-8,19-20H,4,9-12,23H2,1-3H3. The third-order valence-corrected chi connectivity index (χ3v) is 5.02. The fraction of sp³-hybridized carbons (Fsp3) is 0.476. The van der Waals surface area contributed by atoms with Crippen molar-refractivity contribution in [2.45, 2.75) is 26.2 Å². The third-order valence-electron chi connectivity index (χ3n) is 4.68. The number of halogens is 1. The van der Waals surface area contributed by atoms with E-state index in [1.807, 2.05) is 18.2 Å². The third kappa shape index (κ3) is 5.65. The summed E-state index contributed by atoms with van der Waals surface area (Å²) in [5, 5.41) is 0.490. The molecule has 2 unspecified atom stereocenters. The van der Waals surface area contributed by atoms with Crippen LogP contribution in [0.1, 0.15) is 31.7 Å². The Bertz CT molecular complexity index is 806. The van der Waals surface area contributed by atoms with Gasteiger partial charge in [0.2, 0.25) is 0 Å². The molecule has 2 N–H and O–H groups in total. The van der Waals surface area contributed by atoms with Crippen LogP contribution in [0, 0.1) is 5.92 Å². The minimum atomic E-state index is -0.706. The Morgan fingerprint density at radius 3 is 2.62 bits per heavy atom. The second kappa shape index (κ2) is 11.1. The van der Waals surface area contributed by atoms with Crippen LogP contribution in [0.3, 0.4) is 0 Å². The minimum absolute atomic E-state index is 0.0324. The van der Waals surface area contributed by atoms with Crippen LogP contribution in [0.5, 0.6) is 0 Å². The lowest BCUT2D eigenvalue weighted by atomic mass is 9.74. The second-order valence-electron chi connectivity index (χ2n) is 6.55. The summed E-state index contributed by atoms with van der Waals surface area (Å²) in [6.07, 6.45) is -0.0324. The first-order valence-corrected chi connectivity index (χ1v) is 9.85. The zero-order valence-corrected chi connectivity index (χ0v) is 17.7. The average Bonchev–Trinajstić information content (AvgIpc) is 2.70. The van der Waals surface area contributed by atoms with Crippen LogP contribution < -0.4 is 5.73 Å². The molecule has 0 amide bonds. The summed E-state index contributed by atoms with van der Waals surface area (Å²) in [5.41, 5.74) is 8.01. The van der Waals surface area contributed by atoms with Crippen LogP contribution >= 0.6 is 11.6 Å². The fourth-order valence-electron chi connectivity index (χ4n) is 3.46. The van der Waals surface area contributed by atoms with Crippen molar-refractivity contribution in [2.75, 3.05) is 33.5 Å². The number of hydrogen-bond donors (Lipinski definition) is 1. The molecule has 1 heterocycles. The van der Waals surface area contributed by atoms with Crippen molar-refractivity contribution in [3.63, 3.8) is 0 Å². The van der Waals surface area contributed by atoms with Gasteiger partial charge in [-0.2, -0.15) is 0 Å². The van der Waals surface area contributed by atoms with E-state index in [0.29, 0.717) is 35.2 Å². The van der Waals surface area contributed by atoms with E-state index in [-0.39, 0.29) is 19.6 Å². The summed E-state index contributed by atoms with van der Waals surface area (Å²) in [6, 6.07) is 7.23. The highest BCUT2D eigenvalue weighted by Crippen LogP contribution is 2.43. The highest BCUT2D eigenvalue weighted by Gasteiger charge is 2.41.